The van der Waals surface area contributed by atoms with Crippen LogP contribution in [0.4, 0.5) is 5.69 Å². The van der Waals surface area contributed by atoms with Gasteiger partial charge in [0.05, 0.1) is 0 Å². The van der Waals surface area contributed by atoms with Gasteiger partial charge >= 0.3 is 0 Å². The summed E-state index contributed by atoms with van der Waals surface area (Å²) < 4.78 is 0. The highest BCUT2D eigenvalue weighted by molar-refractivity contribution is 5.93. The van der Waals surface area contributed by atoms with Gasteiger partial charge in [-0.05, 0) is 48.9 Å². The normalized spacial score (nSPS) is 22.9. The van der Waals surface area contributed by atoms with E-state index < -0.39 is 0 Å². The Balaban J connectivity index is 1.90. The van der Waals surface area contributed by atoms with E-state index in [2.05, 4.69) is 23.5 Å². The van der Waals surface area contributed by atoms with Gasteiger partial charge in [-0.25, -0.2) is 0 Å². The monoisotopic (exact) mass is 244 g/mol. The average Bonchev–Trinajstić information content (AvgIpc) is 2.82. The molecule has 3 nitrogen and oxygen atoms in total. The predicted octanol–water partition coefficient (Wildman–Crippen LogP) is 2.06. The second kappa shape index (κ2) is 4.73. The van der Waals surface area contributed by atoms with E-state index in [1.807, 2.05) is 4.90 Å². The summed E-state index contributed by atoms with van der Waals surface area (Å²) in [5.41, 5.74) is 3.84. The first-order chi connectivity index (χ1) is 8.75. The van der Waals surface area contributed by atoms with Crippen molar-refractivity contribution in [3.63, 3.8) is 0 Å². The predicted molar refractivity (Wildman–Crippen MR) is 73.0 cm³/mol. The highest BCUT2D eigenvalue weighted by atomic mass is 16.2. The largest absolute Gasteiger partial charge is 0.316 e. The van der Waals surface area contributed by atoms with Gasteiger partial charge in [-0.3, -0.25) is 4.79 Å². The molecule has 3 rings (SSSR count). The molecule has 1 N–H and O–H groups in total. The van der Waals surface area contributed by atoms with Crippen molar-refractivity contribution in [2.45, 2.75) is 32.1 Å². The summed E-state index contributed by atoms with van der Waals surface area (Å²) in [5, 5.41) is 3.45. The van der Waals surface area contributed by atoms with E-state index in [4.69, 9.17) is 0 Å². The number of anilines is 1. The number of hydrogen-bond acceptors (Lipinski definition) is 2. The number of carbonyl (C=O) groups excluding carboxylic acids is 1. The highest BCUT2D eigenvalue weighted by Crippen LogP contribution is 2.33. The zero-order valence-electron chi connectivity index (χ0n) is 10.9. The van der Waals surface area contributed by atoms with Crippen molar-refractivity contribution in [1.29, 1.82) is 0 Å². The van der Waals surface area contributed by atoms with Crippen molar-refractivity contribution in [1.82, 2.24) is 5.32 Å². The lowest BCUT2D eigenvalue weighted by Gasteiger charge is -2.24. The van der Waals surface area contributed by atoms with Gasteiger partial charge in [-0.2, -0.15) is 0 Å². The molecule has 1 fully saturated rings. The second-order valence-corrected chi connectivity index (χ2v) is 5.35. The lowest BCUT2D eigenvalue weighted by molar-refractivity contribution is -0.116. The number of fused-ring (bicyclic) bond motifs is 1. The summed E-state index contributed by atoms with van der Waals surface area (Å²) >= 11 is 0. The van der Waals surface area contributed by atoms with Gasteiger partial charge in [0.2, 0.25) is 5.91 Å². The van der Waals surface area contributed by atoms with Crippen LogP contribution >= 0.6 is 0 Å². The number of nitrogens with zero attached hydrogens (tertiary/aromatic N) is 1. The number of amides is 1. The van der Waals surface area contributed by atoms with Gasteiger partial charge in [0.15, 0.2) is 0 Å². The SMILES string of the molecule is CC(=O)N1CCc2ccc(C3CCCNC3)cc21. The third-order valence-corrected chi connectivity index (χ3v) is 4.15. The van der Waals surface area contributed by atoms with E-state index in [1.54, 1.807) is 6.92 Å². The molecule has 1 amide bonds. The van der Waals surface area contributed by atoms with Gasteiger partial charge < -0.3 is 10.2 Å². The van der Waals surface area contributed by atoms with Crippen molar-refractivity contribution in [3.05, 3.63) is 29.3 Å². The van der Waals surface area contributed by atoms with Crippen molar-refractivity contribution in [2.75, 3.05) is 24.5 Å². The molecule has 2 aliphatic heterocycles. The van der Waals surface area contributed by atoms with E-state index in [0.717, 1.165) is 31.7 Å². The Hall–Kier alpha value is -1.35. The molecular weight excluding hydrogens is 224 g/mol. The van der Waals surface area contributed by atoms with E-state index in [9.17, 15) is 4.79 Å². The molecule has 0 radical (unpaired) electrons. The Labute approximate surface area is 108 Å². The number of piperidine rings is 1. The first-order valence-corrected chi connectivity index (χ1v) is 6.87. The van der Waals surface area contributed by atoms with Gasteiger partial charge in [0, 0.05) is 25.7 Å². The fourth-order valence-corrected chi connectivity index (χ4v) is 3.11. The maximum absolute atomic E-state index is 11.6. The topological polar surface area (TPSA) is 32.3 Å². The van der Waals surface area contributed by atoms with Gasteiger partial charge in [-0.15, -0.1) is 0 Å². The first-order valence-electron chi connectivity index (χ1n) is 6.87. The molecule has 96 valence electrons. The number of carbonyl (C=O) groups is 1. The molecule has 2 aliphatic rings. The molecule has 1 aromatic rings. The van der Waals surface area contributed by atoms with Crippen LogP contribution in [0.5, 0.6) is 0 Å². The first kappa shape index (κ1) is 11.7. The van der Waals surface area contributed by atoms with Crippen LogP contribution in [0.15, 0.2) is 18.2 Å². The number of hydrogen-bond donors (Lipinski definition) is 1. The minimum absolute atomic E-state index is 0.160. The lowest BCUT2D eigenvalue weighted by Crippen LogP contribution is -2.29. The molecule has 0 spiro atoms. The van der Waals surface area contributed by atoms with E-state index >= 15 is 0 Å². The molecule has 0 bridgehead atoms. The lowest BCUT2D eigenvalue weighted by atomic mass is 9.90. The van der Waals surface area contributed by atoms with Crippen molar-refractivity contribution in [2.24, 2.45) is 0 Å². The molecule has 1 aromatic carbocycles. The van der Waals surface area contributed by atoms with Crippen LogP contribution in [0.2, 0.25) is 0 Å². The minimum Gasteiger partial charge on any atom is -0.316 e. The zero-order chi connectivity index (χ0) is 12.5. The van der Waals surface area contributed by atoms with E-state index in [-0.39, 0.29) is 5.91 Å². The fraction of sp³-hybridized carbons (Fsp3) is 0.533. The maximum Gasteiger partial charge on any atom is 0.223 e. The Morgan fingerprint density at radius 3 is 3.06 bits per heavy atom. The summed E-state index contributed by atoms with van der Waals surface area (Å²) in [4.78, 5) is 13.5. The summed E-state index contributed by atoms with van der Waals surface area (Å²) in [6.45, 7) is 4.71. The van der Waals surface area contributed by atoms with Crippen molar-refractivity contribution < 1.29 is 4.79 Å². The molecule has 18 heavy (non-hydrogen) atoms. The Morgan fingerprint density at radius 1 is 1.44 bits per heavy atom. The third-order valence-electron chi connectivity index (χ3n) is 4.15. The second-order valence-electron chi connectivity index (χ2n) is 5.35. The fourth-order valence-electron chi connectivity index (χ4n) is 3.11. The van der Waals surface area contributed by atoms with Crippen LogP contribution in [0.25, 0.3) is 0 Å². The van der Waals surface area contributed by atoms with Gasteiger partial charge in [0.25, 0.3) is 0 Å². The van der Waals surface area contributed by atoms with Crippen molar-refractivity contribution in [3.8, 4) is 0 Å². The van der Waals surface area contributed by atoms with Crippen LogP contribution < -0.4 is 10.2 Å². The van der Waals surface area contributed by atoms with Crippen molar-refractivity contribution >= 4 is 11.6 Å². The number of benzene rings is 1. The molecule has 1 saturated heterocycles. The molecule has 0 saturated carbocycles. The van der Waals surface area contributed by atoms with Crippen LogP contribution in [0, 0.1) is 0 Å². The standard InChI is InChI=1S/C15H20N2O/c1-11(18)17-8-6-12-4-5-13(9-15(12)17)14-3-2-7-16-10-14/h4-5,9,14,16H,2-3,6-8,10H2,1H3. The van der Waals surface area contributed by atoms with E-state index in [1.165, 1.54) is 24.0 Å². The summed E-state index contributed by atoms with van der Waals surface area (Å²) in [7, 11) is 0. The van der Waals surface area contributed by atoms with Crippen LogP contribution in [0.3, 0.4) is 0 Å². The molecule has 0 aliphatic carbocycles. The summed E-state index contributed by atoms with van der Waals surface area (Å²) in [5.74, 6) is 0.770. The Kier molecular flexibility index (Phi) is 3.08. The zero-order valence-corrected chi connectivity index (χ0v) is 10.9. The molecule has 2 heterocycles. The van der Waals surface area contributed by atoms with Gasteiger partial charge in [-0.1, -0.05) is 12.1 Å². The summed E-state index contributed by atoms with van der Waals surface area (Å²) in [6.07, 6.45) is 3.50. The Bertz CT molecular complexity index is 464. The quantitative estimate of drug-likeness (QED) is 0.820. The smallest absolute Gasteiger partial charge is 0.223 e. The molecule has 3 heteroatoms. The van der Waals surface area contributed by atoms with Crippen LogP contribution in [-0.2, 0) is 11.2 Å². The molecular formula is C15H20N2O. The maximum atomic E-state index is 11.6. The summed E-state index contributed by atoms with van der Waals surface area (Å²) in [6, 6.07) is 6.70. The highest BCUT2D eigenvalue weighted by Gasteiger charge is 2.24. The minimum atomic E-state index is 0.160. The average molecular weight is 244 g/mol. The Morgan fingerprint density at radius 2 is 2.33 bits per heavy atom. The third kappa shape index (κ3) is 2.03. The van der Waals surface area contributed by atoms with Crippen LogP contribution in [0.1, 0.15) is 36.8 Å². The molecule has 1 atom stereocenters. The van der Waals surface area contributed by atoms with E-state index in [0.29, 0.717) is 5.92 Å². The molecule has 1 unspecified atom stereocenters. The van der Waals surface area contributed by atoms with Crippen LogP contribution in [-0.4, -0.2) is 25.5 Å². The number of nitrogens with one attached hydrogen (secondary N) is 1. The molecule has 0 aromatic heterocycles. The number of rotatable bonds is 1. The van der Waals surface area contributed by atoms with Gasteiger partial charge in [0.1, 0.15) is 0 Å².